The first kappa shape index (κ1) is 20.1. The Hall–Kier alpha value is -2.69. The number of nitrogens with one attached hydrogen (secondary N) is 1. The molecule has 1 saturated heterocycles. The minimum atomic E-state index is -0.349. The molecule has 0 radical (unpaired) electrons. The van der Waals surface area contributed by atoms with E-state index in [0.29, 0.717) is 31.1 Å². The van der Waals surface area contributed by atoms with E-state index in [2.05, 4.69) is 5.32 Å². The zero-order chi connectivity index (χ0) is 20.3. The number of amides is 2. The third kappa shape index (κ3) is 4.58. The van der Waals surface area contributed by atoms with Crippen LogP contribution in [0.25, 0.3) is 0 Å². The standard InChI is InChI=1S/C23H27FN2O2/c1-15(2)12-25-22(27)21-14-26(23(28)18-6-4-16(3)5-7-18)13-20(21)17-8-10-19(24)11-9-17/h4-11,15,20-21H,12-14H2,1-3H3,(H,25,27). The van der Waals surface area contributed by atoms with Crippen LogP contribution in [0.5, 0.6) is 0 Å². The molecule has 0 spiro atoms. The smallest absolute Gasteiger partial charge is 0.253 e. The van der Waals surface area contributed by atoms with Crippen molar-refractivity contribution in [1.29, 1.82) is 0 Å². The highest BCUT2D eigenvalue weighted by atomic mass is 19.1. The van der Waals surface area contributed by atoms with E-state index < -0.39 is 0 Å². The van der Waals surface area contributed by atoms with Crippen molar-refractivity contribution in [2.45, 2.75) is 26.7 Å². The molecule has 1 aliphatic rings. The van der Waals surface area contributed by atoms with Gasteiger partial charge in [0, 0.05) is 31.1 Å². The summed E-state index contributed by atoms with van der Waals surface area (Å²) in [5, 5.41) is 2.99. The van der Waals surface area contributed by atoms with Crippen LogP contribution in [0.2, 0.25) is 0 Å². The summed E-state index contributed by atoms with van der Waals surface area (Å²) in [7, 11) is 0. The maximum absolute atomic E-state index is 13.4. The summed E-state index contributed by atoms with van der Waals surface area (Å²) in [5.41, 5.74) is 2.59. The second kappa shape index (κ2) is 8.55. The molecule has 1 aliphatic heterocycles. The van der Waals surface area contributed by atoms with Crippen molar-refractivity contribution in [3.05, 3.63) is 71.0 Å². The van der Waals surface area contributed by atoms with E-state index in [4.69, 9.17) is 0 Å². The highest BCUT2D eigenvalue weighted by molar-refractivity contribution is 5.95. The largest absolute Gasteiger partial charge is 0.356 e. The first-order chi connectivity index (χ1) is 13.3. The highest BCUT2D eigenvalue weighted by Crippen LogP contribution is 2.34. The second-order valence-corrected chi connectivity index (χ2v) is 7.98. The van der Waals surface area contributed by atoms with Crippen LogP contribution in [0.15, 0.2) is 48.5 Å². The van der Waals surface area contributed by atoms with Crippen molar-refractivity contribution >= 4 is 11.8 Å². The fraction of sp³-hybridized carbons (Fsp3) is 0.391. The van der Waals surface area contributed by atoms with E-state index >= 15 is 0 Å². The Morgan fingerprint density at radius 1 is 1.07 bits per heavy atom. The van der Waals surface area contributed by atoms with Gasteiger partial charge in [0.1, 0.15) is 5.82 Å². The SMILES string of the molecule is Cc1ccc(C(=O)N2CC(C(=O)NCC(C)C)C(c3ccc(F)cc3)C2)cc1. The number of likely N-dealkylation sites (tertiary alicyclic amines) is 1. The zero-order valence-electron chi connectivity index (χ0n) is 16.6. The molecule has 2 amide bonds. The average molecular weight is 382 g/mol. The molecular formula is C23H27FN2O2. The summed E-state index contributed by atoms with van der Waals surface area (Å²) in [4.78, 5) is 27.5. The summed E-state index contributed by atoms with van der Waals surface area (Å²) >= 11 is 0. The van der Waals surface area contributed by atoms with E-state index in [1.54, 1.807) is 17.0 Å². The van der Waals surface area contributed by atoms with Gasteiger partial charge in [0.05, 0.1) is 5.92 Å². The van der Waals surface area contributed by atoms with Crippen molar-refractivity contribution < 1.29 is 14.0 Å². The fourth-order valence-corrected chi connectivity index (χ4v) is 3.60. The van der Waals surface area contributed by atoms with E-state index in [0.717, 1.165) is 11.1 Å². The number of hydrogen-bond donors (Lipinski definition) is 1. The molecule has 5 heteroatoms. The van der Waals surface area contributed by atoms with Gasteiger partial charge >= 0.3 is 0 Å². The maximum Gasteiger partial charge on any atom is 0.253 e. The van der Waals surface area contributed by atoms with Gasteiger partial charge in [-0.25, -0.2) is 4.39 Å². The number of nitrogens with zero attached hydrogens (tertiary/aromatic N) is 1. The van der Waals surface area contributed by atoms with Crippen LogP contribution in [0.1, 0.15) is 41.3 Å². The molecular weight excluding hydrogens is 355 g/mol. The summed E-state index contributed by atoms with van der Waals surface area (Å²) in [6, 6.07) is 13.7. The van der Waals surface area contributed by atoms with Crippen molar-refractivity contribution in [3.8, 4) is 0 Å². The number of rotatable bonds is 5. The first-order valence-electron chi connectivity index (χ1n) is 9.74. The highest BCUT2D eigenvalue weighted by Gasteiger charge is 2.40. The van der Waals surface area contributed by atoms with Crippen LogP contribution in [0.3, 0.4) is 0 Å². The molecule has 1 heterocycles. The molecule has 4 nitrogen and oxygen atoms in total. The summed E-state index contributed by atoms with van der Waals surface area (Å²) < 4.78 is 13.4. The molecule has 1 fully saturated rings. The molecule has 2 aromatic rings. The Morgan fingerprint density at radius 3 is 2.32 bits per heavy atom. The Morgan fingerprint density at radius 2 is 1.71 bits per heavy atom. The maximum atomic E-state index is 13.4. The van der Waals surface area contributed by atoms with Crippen LogP contribution in [-0.4, -0.2) is 36.3 Å². The lowest BCUT2D eigenvalue weighted by atomic mass is 9.88. The van der Waals surface area contributed by atoms with E-state index in [1.165, 1.54) is 12.1 Å². The Labute approximate surface area is 165 Å². The lowest BCUT2D eigenvalue weighted by Gasteiger charge is -2.18. The quantitative estimate of drug-likeness (QED) is 0.856. The topological polar surface area (TPSA) is 49.4 Å². The third-order valence-corrected chi connectivity index (χ3v) is 5.23. The van der Waals surface area contributed by atoms with Crippen LogP contribution in [0.4, 0.5) is 4.39 Å². The molecule has 148 valence electrons. The first-order valence-corrected chi connectivity index (χ1v) is 9.74. The molecule has 0 aromatic heterocycles. The number of hydrogen-bond acceptors (Lipinski definition) is 2. The van der Waals surface area contributed by atoms with Crippen molar-refractivity contribution in [1.82, 2.24) is 10.2 Å². The van der Waals surface area contributed by atoms with Gasteiger partial charge in [-0.3, -0.25) is 9.59 Å². The van der Waals surface area contributed by atoms with Crippen molar-refractivity contribution in [3.63, 3.8) is 0 Å². The Kier molecular flexibility index (Phi) is 6.12. The van der Waals surface area contributed by atoms with Gasteiger partial charge < -0.3 is 10.2 Å². The number of benzene rings is 2. The minimum Gasteiger partial charge on any atom is -0.356 e. The van der Waals surface area contributed by atoms with Crippen molar-refractivity contribution in [2.75, 3.05) is 19.6 Å². The van der Waals surface area contributed by atoms with E-state index in [9.17, 15) is 14.0 Å². The second-order valence-electron chi connectivity index (χ2n) is 7.98. The number of carbonyl (C=O) groups excluding carboxylic acids is 2. The minimum absolute atomic E-state index is 0.0535. The van der Waals surface area contributed by atoms with Gasteiger partial charge in [-0.2, -0.15) is 0 Å². The van der Waals surface area contributed by atoms with Crippen LogP contribution in [-0.2, 0) is 4.79 Å². The average Bonchev–Trinajstić information content (AvgIpc) is 3.12. The van der Waals surface area contributed by atoms with Crippen LogP contribution in [0, 0.1) is 24.6 Å². The van der Waals surface area contributed by atoms with Crippen LogP contribution < -0.4 is 5.32 Å². The summed E-state index contributed by atoms with van der Waals surface area (Å²) in [5.74, 6) is -0.593. The molecule has 28 heavy (non-hydrogen) atoms. The Bertz CT molecular complexity index is 831. The molecule has 2 atom stereocenters. The van der Waals surface area contributed by atoms with Gasteiger partial charge in [-0.15, -0.1) is 0 Å². The lowest BCUT2D eigenvalue weighted by molar-refractivity contribution is -0.125. The van der Waals surface area contributed by atoms with Gasteiger partial charge in [0.15, 0.2) is 0 Å². The number of halogens is 1. The lowest BCUT2D eigenvalue weighted by Crippen LogP contribution is -2.37. The molecule has 0 aliphatic carbocycles. The van der Waals surface area contributed by atoms with Gasteiger partial charge in [-0.05, 0) is 42.7 Å². The van der Waals surface area contributed by atoms with E-state index in [-0.39, 0.29) is 29.5 Å². The monoisotopic (exact) mass is 382 g/mol. The molecule has 1 N–H and O–H groups in total. The summed E-state index contributed by atoms with van der Waals surface area (Å²) in [6.07, 6.45) is 0. The molecule has 0 bridgehead atoms. The molecule has 3 rings (SSSR count). The Balaban J connectivity index is 1.83. The van der Waals surface area contributed by atoms with Gasteiger partial charge in [-0.1, -0.05) is 43.7 Å². The molecule has 2 aromatic carbocycles. The van der Waals surface area contributed by atoms with E-state index in [1.807, 2.05) is 45.0 Å². The predicted octanol–water partition coefficient (Wildman–Crippen LogP) is 3.76. The number of carbonyl (C=O) groups is 2. The van der Waals surface area contributed by atoms with Crippen LogP contribution >= 0.6 is 0 Å². The normalized spacial score (nSPS) is 19.1. The zero-order valence-corrected chi connectivity index (χ0v) is 16.6. The fourth-order valence-electron chi connectivity index (χ4n) is 3.60. The molecule has 2 unspecified atom stereocenters. The number of aryl methyl sites for hydroxylation is 1. The summed E-state index contributed by atoms with van der Waals surface area (Å²) in [6.45, 7) is 7.46. The van der Waals surface area contributed by atoms with Gasteiger partial charge in [0.2, 0.25) is 5.91 Å². The van der Waals surface area contributed by atoms with Gasteiger partial charge in [0.25, 0.3) is 5.91 Å². The predicted molar refractivity (Wildman–Crippen MR) is 108 cm³/mol. The molecule has 0 saturated carbocycles. The van der Waals surface area contributed by atoms with Crippen molar-refractivity contribution in [2.24, 2.45) is 11.8 Å². The third-order valence-electron chi connectivity index (χ3n) is 5.23.